The van der Waals surface area contributed by atoms with Gasteiger partial charge in [-0.2, -0.15) is 0 Å². The molecule has 2 aliphatic rings. The lowest BCUT2D eigenvalue weighted by atomic mass is 10.1. The second kappa shape index (κ2) is 7.36. The van der Waals surface area contributed by atoms with E-state index in [4.69, 9.17) is 0 Å². The molecule has 2 saturated heterocycles. The Balaban J connectivity index is 1.43. The molecule has 0 unspecified atom stereocenters. The third-order valence-corrected chi connectivity index (χ3v) is 5.38. The standard InChI is InChI=1S/C21H26N4O/c1-17-5-4-6-19(13-17)23-9-11-24(12-10-23)20-14-18(15-22-16-20)21(26)25-7-2-3-8-25/h4-6,13-16H,2-3,7-12H2,1H3. The van der Waals surface area contributed by atoms with Crippen molar-refractivity contribution in [2.24, 2.45) is 0 Å². The predicted octanol–water partition coefficient (Wildman–Crippen LogP) is 2.95. The molecule has 5 nitrogen and oxygen atoms in total. The summed E-state index contributed by atoms with van der Waals surface area (Å²) in [6.07, 6.45) is 5.80. The molecule has 0 atom stereocenters. The number of nitrogens with zero attached hydrogens (tertiary/aromatic N) is 4. The van der Waals surface area contributed by atoms with Gasteiger partial charge in [-0.05, 0) is 43.5 Å². The van der Waals surface area contributed by atoms with Gasteiger partial charge >= 0.3 is 0 Å². The van der Waals surface area contributed by atoms with Gasteiger partial charge in [-0.3, -0.25) is 9.78 Å². The van der Waals surface area contributed by atoms with E-state index < -0.39 is 0 Å². The highest BCUT2D eigenvalue weighted by Crippen LogP contribution is 2.22. The van der Waals surface area contributed by atoms with E-state index in [1.54, 1.807) is 6.20 Å². The smallest absolute Gasteiger partial charge is 0.255 e. The van der Waals surface area contributed by atoms with Gasteiger partial charge in [0.2, 0.25) is 0 Å². The van der Waals surface area contributed by atoms with Gasteiger partial charge in [0, 0.05) is 51.2 Å². The van der Waals surface area contributed by atoms with Crippen LogP contribution in [0.3, 0.4) is 0 Å². The first-order valence-electron chi connectivity index (χ1n) is 9.51. The number of piperazine rings is 1. The number of aryl methyl sites for hydroxylation is 1. The van der Waals surface area contributed by atoms with Crippen molar-refractivity contribution >= 4 is 17.3 Å². The summed E-state index contributed by atoms with van der Waals surface area (Å²) in [5, 5.41) is 0. The van der Waals surface area contributed by atoms with Crippen LogP contribution in [0.5, 0.6) is 0 Å². The zero-order valence-electron chi connectivity index (χ0n) is 15.4. The minimum Gasteiger partial charge on any atom is -0.368 e. The first kappa shape index (κ1) is 16.9. The normalized spacial score (nSPS) is 17.7. The highest BCUT2D eigenvalue weighted by atomic mass is 16.2. The van der Waals surface area contributed by atoms with E-state index in [2.05, 4.69) is 46.0 Å². The molecule has 5 heteroatoms. The van der Waals surface area contributed by atoms with Gasteiger partial charge in [-0.15, -0.1) is 0 Å². The summed E-state index contributed by atoms with van der Waals surface area (Å²) >= 11 is 0. The molecule has 1 aromatic heterocycles. The van der Waals surface area contributed by atoms with Crippen LogP contribution in [0.25, 0.3) is 0 Å². The van der Waals surface area contributed by atoms with E-state index in [1.807, 2.05) is 17.2 Å². The van der Waals surface area contributed by atoms with Crippen LogP contribution in [-0.2, 0) is 0 Å². The second-order valence-corrected chi connectivity index (χ2v) is 7.24. The predicted molar refractivity (Wildman–Crippen MR) is 105 cm³/mol. The monoisotopic (exact) mass is 350 g/mol. The third-order valence-electron chi connectivity index (χ3n) is 5.38. The van der Waals surface area contributed by atoms with Gasteiger partial charge in [-0.25, -0.2) is 0 Å². The topological polar surface area (TPSA) is 39.7 Å². The summed E-state index contributed by atoms with van der Waals surface area (Å²) < 4.78 is 0. The lowest BCUT2D eigenvalue weighted by Crippen LogP contribution is -2.46. The van der Waals surface area contributed by atoms with E-state index >= 15 is 0 Å². The summed E-state index contributed by atoms with van der Waals surface area (Å²) in [6, 6.07) is 10.7. The van der Waals surface area contributed by atoms with Crippen LogP contribution >= 0.6 is 0 Å². The molecule has 0 saturated carbocycles. The molecule has 1 amide bonds. The number of carbonyl (C=O) groups is 1. The molecule has 2 fully saturated rings. The van der Waals surface area contributed by atoms with E-state index in [-0.39, 0.29) is 5.91 Å². The highest BCUT2D eigenvalue weighted by Gasteiger charge is 2.22. The van der Waals surface area contributed by atoms with Gasteiger partial charge in [0.05, 0.1) is 17.4 Å². The summed E-state index contributed by atoms with van der Waals surface area (Å²) in [7, 11) is 0. The van der Waals surface area contributed by atoms with E-state index in [0.29, 0.717) is 5.56 Å². The number of likely N-dealkylation sites (tertiary alicyclic amines) is 1. The van der Waals surface area contributed by atoms with Crippen molar-refractivity contribution in [2.45, 2.75) is 19.8 Å². The SMILES string of the molecule is Cc1cccc(N2CCN(c3cncc(C(=O)N4CCCC4)c3)CC2)c1. The Labute approximate surface area is 155 Å². The molecule has 26 heavy (non-hydrogen) atoms. The number of aromatic nitrogens is 1. The molecule has 0 spiro atoms. The lowest BCUT2D eigenvalue weighted by molar-refractivity contribution is 0.0792. The van der Waals surface area contributed by atoms with Gasteiger partial charge in [0.1, 0.15) is 0 Å². The van der Waals surface area contributed by atoms with Crippen molar-refractivity contribution < 1.29 is 4.79 Å². The number of anilines is 2. The average Bonchev–Trinajstić information content (AvgIpc) is 3.22. The minimum absolute atomic E-state index is 0.121. The first-order chi connectivity index (χ1) is 12.7. The molecular formula is C21H26N4O. The number of rotatable bonds is 3. The summed E-state index contributed by atoms with van der Waals surface area (Å²) in [5.74, 6) is 0.121. The number of hydrogen-bond acceptors (Lipinski definition) is 4. The number of benzene rings is 1. The largest absolute Gasteiger partial charge is 0.368 e. The molecular weight excluding hydrogens is 324 g/mol. The van der Waals surface area contributed by atoms with Crippen LogP contribution in [0.2, 0.25) is 0 Å². The maximum atomic E-state index is 12.6. The summed E-state index contributed by atoms with van der Waals surface area (Å²) in [6.45, 7) is 7.72. The van der Waals surface area contributed by atoms with Crippen molar-refractivity contribution in [3.8, 4) is 0 Å². The van der Waals surface area contributed by atoms with Crippen molar-refractivity contribution in [1.29, 1.82) is 0 Å². The fourth-order valence-corrected chi connectivity index (χ4v) is 3.87. The molecule has 2 aliphatic heterocycles. The fourth-order valence-electron chi connectivity index (χ4n) is 3.87. The molecule has 0 N–H and O–H groups in total. The van der Waals surface area contributed by atoms with Crippen molar-refractivity contribution in [1.82, 2.24) is 9.88 Å². The lowest BCUT2D eigenvalue weighted by Gasteiger charge is -2.37. The fraction of sp³-hybridized carbons (Fsp3) is 0.429. The van der Waals surface area contributed by atoms with Crippen LogP contribution in [0.4, 0.5) is 11.4 Å². The molecule has 2 aromatic rings. The van der Waals surface area contributed by atoms with Crippen LogP contribution < -0.4 is 9.80 Å². The quantitative estimate of drug-likeness (QED) is 0.853. The number of amides is 1. The van der Waals surface area contributed by atoms with E-state index in [9.17, 15) is 4.79 Å². The zero-order valence-corrected chi connectivity index (χ0v) is 15.4. The number of hydrogen-bond donors (Lipinski definition) is 0. The Hall–Kier alpha value is -2.56. The van der Waals surface area contributed by atoms with Gasteiger partial charge < -0.3 is 14.7 Å². The van der Waals surface area contributed by atoms with Crippen LogP contribution in [0.15, 0.2) is 42.7 Å². The third kappa shape index (κ3) is 3.52. The molecule has 0 aliphatic carbocycles. The van der Waals surface area contributed by atoms with Gasteiger partial charge in [0.25, 0.3) is 5.91 Å². The molecule has 4 rings (SSSR count). The van der Waals surface area contributed by atoms with E-state index in [0.717, 1.165) is 57.8 Å². The Morgan fingerprint density at radius 2 is 1.58 bits per heavy atom. The summed E-state index contributed by atoms with van der Waals surface area (Å²) in [5.41, 5.74) is 4.35. The van der Waals surface area contributed by atoms with Crippen molar-refractivity contribution in [3.63, 3.8) is 0 Å². The maximum Gasteiger partial charge on any atom is 0.255 e. The van der Waals surface area contributed by atoms with Crippen molar-refractivity contribution in [2.75, 3.05) is 49.1 Å². The van der Waals surface area contributed by atoms with Gasteiger partial charge in [0.15, 0.2) is 0 Å². The number of carbonyl (C=O) groups excluding carboxylic acids is 1. The van der Waals surface area contributed by atoms with Crippen LogP contribution in [-0.4, -0.2) is 55.1 Å². The molecule has 0 radical (unpaired) electrons. The minimum atomic E-state index is 0.121. The first-order valence-corrected chi connectivity index (χ1v) is 9.51. The average molecular weight is 350 g/mol. The molecule has 136 valence electrons. The summed E-state index contributed by atoms with van der Waals surface area (Å²) in [4.78, 5) is 23.6. The van der Waals surface area contributed by atoms with Gasteiger partial charge in [-0.1, -0.05) is 12.1 Å². The Bertz CT molecular complexity index is 777. The maximum absolute atomic E-state index is 12.6. The van der Waals surface area contributed by atoms with Crippen LogP contribution in [0, 0.1) is 6.92 Å². The second-order valence-electron chi connectivity index (χ2n) is 7.24. The Kier molecular flexibility index (Phi) is 4.78. The number of pyridine rings is 1. The Morgan fingerprint density at radius 3 is 2.27 bits per heavy atom. The Morgan fingerprint density at radius 1 is 0.885 bits per heavy atom. The molecule has 1 aromatic carbocycles. The molecule has 0 bridgehead atoms. The van der Waals surface area contributed by atoms with E-state index in [1.165, 1.54) is 11.3 Å². The zero-order chi connectivity index (χ0) is 17.9. The highest BCUT2D eigenvalue weighted by molar-refractivity contribution is 5.95. The van der Waals surface area contributed by atoms with Crippen molar-refractivity contribution in [3.05, 3.63) is 53.9 Å². The van der Waals surface area contributed by atoms with Crippen LogP contribution in [0.1, 0.15) is 28.8 Å². The molecule has 3 heterocycles.